The number of hydrogen-bond donors (Lipinski definition) is 1. The lowest BCUT2D eigenvalue weighted by molar-refractivity contribution is 0.617. The molecule has 1 aromatic carbocycles. The van der Waals surface area contributed by atoms with Crippen LogP contribution in [-0.2, 0) is 11.0 Å². The van der Waals surface area contributed by atoms with E-state index in [1.807, 2.05) is 20.8 Å². The molecule has 2 nitrogen and oxygen atoms in total. The summed E-state index contributed by atoms with van der Waals surface area (Å²) < 4.78 is 15.6. The molecule has 1 rings (SSSR count). The zero-order valence-corrected chi connectivity index (χ0v) is 18.9. The maximum atomic E-state index is 12.5. The Labute approximate surface area is 153 Å². The molecule has 0 aromatic heterocycles. The quantitative estimate of drug-likeness (QED) is 0.697. The normalized spacial score (nSPS) is 16.3. The fraction of sp³-hybridized carbons (Fsp3) is 0.700. The summed E-state index contributed by atoms with van der Waals surface area (Å²) in [7, 11) is -1.46. The lowest BCUT2D eigenvalue weighted by Crippen LogP contribution is -2.38. The summed E-state index contributed by atoms with van der Waals surface area (Å²) in [6, 6.07) is 8.76. The van der Waals surface area contributed by atoms with Gasteiger partial charge >= 0.3 is 0 Å². The second-order valence-corrected chi connectivity index (χ2v) is 15.3. The average Bonchev–Trinajstić information content (AvgIpc) is 2.34. The Bertz CT molecular complexity index is 565. The van der Waals surface area contributed by atoms with Crippen molar-refractivity contribution >= 4 is 24.2 Å². The van der Waals surface area contributed by atoms with E-state index >= 15 is 0 Å². The lowest BCUT2D eigenvalue weighted by atomic mass is 10.1. The van der Waals surface area contributed by atoms with Crippen LogP contribution in [0, 0.1) is 0 Å². The fourth-order valence-corrected chi connectivity index (χ4v) is 8.21. The maximum Gasteiger partial charge on any atom is 0.0975 e. The molecule has 0 radical (unpaired) electrons. The molecule has 0 fully saturated rings. The molecule has 1 unspecified atom stereocenters. The molecular formula is C20H36NOPS. The first-order valence-corrected chi connectivity index (χ1v) is 11.2. The Morgan fingerprint density at radius 2 is 1.38 bits per heavy atom. The van der Waals surface area contributed by atoms with Crippen LogP contribution in [-0.4, -0.2) is 19.3 Å². The number of nitrogens with one attached hydrogen (secondary N) is 1. The Morgan fingerprint density at radius 1 is 0.917 bits per heavy atom. The second kappa shape index (κ2) is 7.56. The van der Waals surface area contributed by atoms with Gasteiger partial charge in [0, 0.05) is 6.04 Å². The van der Waals surface area contributed by atoms with Crippen molar-refractivity contribution in [3.05, 3.63) is 29.8 Å². The van der Waals surface area contributed by atoms with Gasteiger partial charge in [-0.05, 0) is 48.9 Å². The molecule has 0 saturated carbocycles. The van der Waals surface area contributed by atoms with Gasteiger partial charge in [0.05, 0.1) is 15.7 Å². The van der Waals surface area contributed by atoms with Gasteiger partial charge in [0.2, 0.25) is 0 Å². The van der Waals surface area contributed by atoms with E-state index in [-0.39, 0.29) is 29.0 Å². The Hall–Kier alpha value is -0.240. The van der Waals surface area contributed by atoms with Crippen molar-refractivity contribution in [2.24, 2.45) is 0 Å². The standard InChI is InChI=1S/C20H36NOPS/c1-15(21-24(22)20(8,9)10)16-13-11-12-14-17(16)23(18(2,3)4)19(5,6)7/h11-15,21H,1-10H3/t15-,24?/m0/s1. The third-order valence-electron chi connectivity index (χ3n) is 3.83. The van der Waals surface area contributed by atoms with Crippen molar-refractivity contribution in [3.8, 4) is 0 Å². The molecule has 0 bridgehead atoms. The molecule has 0 amide bonds. The first kappa shape index (κ1) is 21.8. The highest BCUT2D eigenvalue weighted by Crippen LogP contribution is 2.58. The summed E-state index contributed by atoms with van der Waals surface area (Å²) in [4.78, 5) is 0. The molecule has 1 N–H and O–H groups in total. The van der Waals surface area contributed by atoms with Gasteiger partial charge in [-0.25, -0.2) is 8.93 Å². The van der Waals surface area contributed by atoms with Crippen LogP contribution >= 0.6 is 7.92 Å². The van der Waals surface area contributed by atoms with Crippen molar-refractivity contribution in [2.45, 2.75) is 90.3 Å². The average molecular weight is 370 g/mol. The van der Waals surface area contributed by atoms with Crippen LogP contribution in [0.4, 0.5) is 0 Å². The predicted octanol–water partition coefficient (Wildman–Crippen LogP) is 5.50. The maximum absolute atomic E-state index is 12.5. The van der Waals surface area contributed by atoms with Gasteiger partial charge in [0.1, 0.15) is 0 Å². The molecular weight excluding hydrogens is 333 g/mol. The predicted molar refractivity (Wildman–Crippen MR) is 112 cm³/mol. The summed E-state index contributed by atoms with van der Waals surface area (Å²) in [6.07, 6.45) is 0. The Morgan fingerprint density at radius 3 is 1.79 bits per heavy atom. The zero-order chi connectivity index (χ0) is 18.9. The van der Waals surface area contributed by atoms with Crippen molar-refractivity contribution in [1.82, 2.24) is 4.72 Å². The second-order valence-electron chi connectivity index (χ2n) is 9.46. The van der Waals surface area contributed by atoms with Crippen molar-refractivity contribution < 1.29 is 4.21 Å². The SMILES string of the molecule is C[C@H](NS(=O)C(C)(C)C)c1ccccc1P(C(C)(C)C)C(C)(C)C. The van der Waals surface area contributed by atoms with Crippen LogP contribution in [0.3, 0.4) is 0 Å². The Kier molecular flexibility index (Phi) is 6.87. The third-order valence-corrected chi connectivity index (χ3v) is 9.08. The van der Waals surface area contributed by atoms with Gasteiger partial charge in [-0.2, -0.15) is 0 Å². The van der Waals surface area contributed by atoms with Crippen molar-refractivity contribution in [3.63, 3.8) is 0 Å². The third kappa shape index (κ3) is 5.64. The number of benzene rings is 1. The zero-order valence-electron chi connectivity index (χ0n) is 17.2. The van der Waals surface area contributed by atoms with E-state index in [1.54, 1.807) is 0 Å². The molecule has 4 heteroatoms. The van der Waals surface area contributed by atoms with Crippen LogP contribution in [0.1, 0.15) is 80.8 Å². The van der Waals surface area contributed by atoms with E-state index in [4.69, 9.17) is 0 Å². The summed E-state index contributed by atoms with van der Waals surface area (Å²) in [6.45, 7) is 22.2. The highest BCUT2D eigenvalue weighted by molar-refractivity contribution is 7.84. The van der Waals surface area contributed by atoms with E-state index in [1.165, 1.54) is 10.9 Å². The van der Waals surface area contributed by atoms with Gasteiger partial charge in [-0.1, -0.05) is 73.7 Å². The monoisotopic (exact) mass is 369 g/mol. The van der Waals surface area contributed by atoms with Gasteiger partial charge in [0.15, 0.2) is 0 Å². The van der Waals surface area contributed by atoms with E-state index in [0.29, 0.717) is 0 Å². The minimum atomic E-state index is -1.07. The summed E-state index contributed by atoms with van der Waals surface area (Å²) >= 11 is 0. The summed E-state index contributed by atoms with van der Waals surface area (Å²) in [5.41, 5.74) is 1.28. The summed E-state index contributed by atoms with van der Waals surface area (Å²) in [5.74, 6) is 0. The van der Waals surface area contributed by atoms with Gasteiger partial charge in [0.25, 0.3) is 0 Å². The summed E-state index contributed by atoms with van der Waals surface area (Å²) in [5, 5.41) is 1.86. The van der Waals surface area contributed by atoms with Gasteiger partial charge < -0.3 is 0 Å². The highest BCUT2D eigenvalue weighted by atomic mass is 32.2. The molecule has 24 heavy (non-hydrogen) atoms. The largest absolute Gasteiger partial charge is 0.242 e. The van der Waals surface area contributed by atoms with Crippen LogP contribution in [0.5, 0.6) is 0 Å². The van der Waals surface area contributed by atoms with E-state index in [9.17, 15) is 4.21 Å². The first-order chi connectivity index (χ1) is 10.7. The van der Waals surface area contributed by atoms with Gasteiger partial charge in [-0.15, -0.1) is 0 Å². The molecule has 0 aliphatic carbocycles. The van der Waals surface area contributed by atoms with E-state index in [2.05, 4.69) is 77.5 Å². The minimum absolute atomic E-state index is 0.0657. The lowest BCUT2D eigenvalue weighted by Gasteiger charge is -2.43. The van der Waals surface area contributed by atoms with E-state index < -0.39 is 11.0 Å². The van der Waals surface area contributed by atoms with Crippen LogP contribution < -0.4 is 10.0 Å². The molecule has 0 aliphatic heterocycles. The highest BCUT2D eigenvalue weighted by Gasteiger charge is 2.37. The van der Waals surface area contributed by atoms with Crippen LogP contribution in [0.2, 0.25) is 0 Å². The number of hydrogen-bond acceptors (Lipinski definition) is 1. The smallest absolute Gasteiger partial charge is 0.0975 e. The number of rotatable bonds is 4. The molecule has 0 saturated heterocycles. The van der Waals surface area contributed by atoms with Crippen molar-refractivity contribution in [2.75, 3.05) is 0 Å². The molecule has 0 spiro atoms. The van der Waals surface area contributed by atoms with Gasteiger partial charge in [-0.3, -0.25) is 0 Å². The first-order valence-electron chi connectivity index (χ1n) is 8.73. The van der Waals surface area contributed by atoms with Crippen LogP contribution in [0.25, 0.3) is 0 Å². The Balaban J connectivity index is 3.31. The molecule has 2 atom stereocenters. The topological polar surface area (TPSA) is 29.1 Å². The minimum Gasteiger partial charge on any atom is -0.242 e. The molecule has 1 aromatic rings. The van der Waals surface area contributed by atoms with Crippen LogP contribution in [0.15, 0.2) is 24.3 Å². The van der Waals surface area contributed by atoms with E-state index in [0.717, 1.165) is 0 Å². The molecule has 0 heterocycles. The fourth-order valence-electron chi connectivity index (χ4n) is 3.19. The van der Waals surface area contributed by atoms with Crippen molar-refractivity contribution in [1.29, 1.82) is 0 Å². The molecule has 0 aliphatic rings. The molecule has 138 valence electrons.